The number of nitrogens with zero attached hydrogens (tertiary/aromatic N) is 7. The molecule has 3 amide bonds. The first-order chi connectivity index (χ1) is 25.9. The number of nitrogens with two attached hydrogens (primary N) is 1. The Labute approximate surface area is 305 Å². The van der Waals surface area contributed by atoms with Crippen LogP contribution in [0.5, 0.6) is 0 Å². The van der Waals surface area contributed by atoms with E-state index in [4.69, 9.17) is 15.7 Å². The molecule has 3 aliphatic rings. The average Bonchev–Trinajstić information content (AvgIpc) is 3.52. The van der Waals surface area contributed by atoms with Crippen molar-refractivity contribution in [2.75, 3.05) is 28.6 Å². The molecule has 0 aliphatic carbocycles. The molecule has 266 valence electrons. The number of imide groups is 1. The Morgan fingerprint density at radius 2 is 1.70 bits per heavy atom. The van der Waals surface area contributed by atoms with E-state index in [-0.39, 0.29) is 30.8 Å². The summed E-state index contributed by atoms with van der Waals surface area (Å²) in [5, 5.41) is 8.95. The number of rotatable bonds is 9. The van der Waals surface area contributed by atoms with Gasteiger partial charge in [-0.05, 0) is 73.9 Å². The summed E-state index contributed by atoms with van der Waals surface area (Å²) in [6.07, 6.45) is 9.08. The lowest BCUT2D eigenvalue weighted by Gasteiger charge is -2.32. The summed E-state index contributed by atoms with van der Waals surface area (Å²) >= 11 is 0. The number of aliphatic imine (C=N–C) groups is 1. The zero-order valence-corrected chi connectivity index (χ0v) is 28.8. The monoisotopic (exact) mass is 707 g/mol. The summed E-state index contributed by atoms with van der Waals surface area (Å²) in [5.41, 5.74) is 13.0. The molecule has 3 aliphatic heterocycles. The number of carbonyl (C=O) groups excluding carboxylic acids is 3. The van der Waals surface area contributed by atoms with E-state index in [0.29, 0.717) is 35.1 Å². The van der Waals surface area contributed by atoms with Crippen LogP contribution in [0.15, 0.2) is 96.4 Å². The molecule has 0 spiro atoms. The molecule has 0 bridgehead atoms. The fraction of sp³-hybridized carbons (Fsp3) is 0.231. The van der Waals surface area contributed by atoms with Crippen molar-refractivity contribution in [2.24, 2.45) is 10.7 Å². The number of para-hydroxylation sites is 2. The van der Waals surface area contributed by atoms with Gasteiger partial charge in [0.1, 0.15) is 11.9 Å². The van der Waals surface area contributed by atoms with Gasteiger partial charge in [-0.2, -0.15) is 4.98 Å². The van der Waals surface area contributed by atoms with Crippen molar-refractivity contribution < 1.29 is 14.4 Å². The Morgan fingerprint density at radius 1 is 0.887 bits per heavy atom. The van der Waals surface area contributed by atoms with Gasteiger partial charge in [-0.1, -0.05) is 18.2 Å². The highest BCUT2D eigenvalue weighted by atomic mass is 16.2. The second-order valence-corrected chi connectivity index (χ2v) is 13.2. The van der Waals surface area contributed by atoms with Crippen molar-refractivity contribution >= 4 is 69.4 Å². The number of piperidine rings is 2. The van der Waals surface area contributed by atoms with Crippen molar-refractivity contribution in [2.45, 2.75) is 44.3 Å². The highest BCUT2D eigenvalue weighted by Crippen LogP contribution is 2.34. The number of carbonyl (C=O) groups is 3. The van der Waals surface area contributed by atoms with Crippen LogP contribution in [0.4, 0.5) is 28.8 Å². The molecular weight excluding hydrogens is 671 g/mol. The molecule has 5 heterocycles. The molecule has 14 nitrogen and oxygen atoms in total. The number of benzene rings is 3. The van der Waals surface area contributed by atoms with Crippen LogP contribution in [0.1, 0.15) is 47.3 Å². The summed E-state index contributed by atoms with van der Waals surface area (Å²) in [6.45, 7) is 2.01. The lowest BCUT2D eigenvalue weighted by molar-refractivity contribution is -0.136. The SMILES string of the molecule is NC=C(C=NC1CCN(c2ccc(Nc3nccc(Nc4cccc5c4CN(C4CCC(=O)NC4=O)C5=O)n3)cc2)CC1)c1cnc2ccccc2n1. The van der Waals surface area contributed by atoms with Gasteiger partial charge >= 0.3 is 0 Å². The van der Waals surface area contributed by atoms with Gasteiger partial charge in [-0.3, -0.25) is 29.7 Å². The zero-order valence-electron chi connectivity index (χ0n) is 28.8. The number of hydrogen-bond acceptors (Lipinski definition) is 12. The summed E-state index contributed by atoms with van der Waals surface area (Å²) in [7, 11) is 0. The quantitative estimate of drug-likeness (QED) is 0.123. The van der Waals surface area contributed by atoms with E-state index in [0.717, 1.165) is 59.5 Å². The van der Waals surface area contributed by atoms with Crippen molar-refractivity contribution in [3.8, 4) is 0 Å². The third kappa shape index (κ3) is 7.11. The van der Waals surface area contributed by atoms with E-state index in [1.807, 2.05) is 48.7 Å². The van der Waals surface area contributed by atoms with Gasteiger partial charge in [0.2, 0.25) is 17.8 Å². The van der Waals surface area contributed by atoms with E-state index in [1.165, 1.54) is 11.1 Å². The van der Waals surface area contributed by atoms with Gasteiger partial charge in [0.15, 0.2) is 0 Å². The first-order valence-corrected chi connectivity index (χ1v) is 17.6. The molecule has 5 aromatic rings. The Morgan fingerprint density at radius 3 is 2.49 bits per heavy atom. The Kier molecular flexibility index (Phi) is 9.15. The topological polar surface area (TPSA) is 184 Å². The first-order valence-electron chi connectivity index (χ1n) is 17.6. The number of fused-ring (bicyclic) bond motifs is 2. The standard InChI is InChI=1S/C39H37N11O3/c40-20-24(33-22-43-31-5-1-2-6-32(31)45-33)21-42-25-15-18-49(19-16-25)27-10-8-26(9-11-27)44-39-41-17-14-35(47-39)46-30-7-3-4-28-29(30)23-50(38(28)53)34-12-13-36(51)48-37(34)52/h1-11,14,17,20-22,25,34H,12-13,15-16,18-19,23,40H2,(H,48,51,52)(H2,41,44,46,47). The van der Waals surface area contributed by atoms with Gasteiger partial charge < -0.3 is 26.2 Å². The molecule has 2 aromatic heterocycles. The van der Waals surface area contributed by atoms with E-state index in [9.17, 15) is 14.4 Å². The van der Waals surface area contributed by atoms with Gasteiger partial charge in [0.25, 0.3) is 5.91 Å². The maximum absolute atomic E-state index is 13.2. The molecule has 0 radical (unpaired) electrons. The summed E-state index contributed by atoms with van der Waals surface area (Å²) < 4.78 is 0. The maximum Gasteiger partial charge on any atom is 0.255 e. The van der Waals surface area contributed by atoms with Crippen LogP contribution in [0.2, 0.25) is 0 Å². The summed E-state index contributed by atoms with van der Waals surface area (Å²) in [5.74, 6) is -0.0253. The fourth-order valence-electron chi connectivity index (χ4n) is 6.96. The molecule has 5 N–H and O–H groups in total. The van der Waals surface area contributed by atoms with Crippen LogP contribution in [0.3, 0.4) is 0 Å². The van der Waals surface area contributed by atoms with Crippen molar-refractivity contribution in [1.29, 1.82) is 0 Å². The number of nitrogens with one attached hydrogen (secondary N) is 3. The van der Waals surface area contributed by atoms with Crippen LogP contribution in [0.25, 0.3) is 16.6 Å². The summed E-state index contributed by atoms with van der Waals surface area (Å²) in [6, 6.07) is 22.6. The molecule has 2 saturated heterocycles. The van der Waals surface area contributed by atoms with Crippen molar-refractivity contribution in [3.05, 3.63) is 108 Å². The third-order valence-electron chi connectivity index (χ3n) is 9.80. The third-order valence-corrected chi connectivity index (χ3v) is 9.80. The molecule has 8 rings (SSSR count). The molecule has 2 fully saturated rings. The van der Waals surface area contributed by atoms with Crippen LogP contribution in [-0.4, -0.2) is 73.9 Å². The lowest BCUT2D eigenvalue weighted by Crippen LogP contribution is -2.52. The van der Waals surface area contributed by atoms with E-state index in [1.54, 1.807) is 30.6 Å². The minimum atomic E-state index is -0.682. The molecule has 1 unspecified atom stereocenters. The molecule has 3 aromatic carbocycles. The molecule has 53 heavy (non-hydrogen) atoms. The van der Waals surface area contributed by atoms with Gasteiger partial charge in [0, 0.05) is 78.4 Å². The minimum Gasteiger partial charge on any atom is -0.404 e. The minimum absolute atomic E-state index is 0.190. The van der Waals surface area contributed by atoms with Crippen LogP contribution >= 0.6 is 0 Å². The number of aromatic nitrogens is 4. The second-order valence-electron chi connectivity index (χ2n) is 13.2. The Hall–Kier alpha value is -6.70. The number of allylic oxidation sites excluding steroid dienone is 1. The Balaban J connectivity index is 0.862. The molecular formula is C39H37N11O3. The average molecular weight is 708 g/mol. The second kappa shape index (κ2) is 14.5. The lowest BCUT2D eigenvalue weighted by atomic mass is 10.0. The van der Waals surface area contributed by atoms with Crippen LogP contribution in [-0.2, 0) is 16.1 Å². The van der Waals surface area contributed by atoms with E-state index in [2.05, 4.69) is 47.9 Å². The Bertz CT molecular complexity index is 2270. The van der Waals surface area contributed by atoms with Gasteiger partial charge in [-0.15, -0.1) is 0 Å². The smallest absolute Gasteiger partial charge is 0.255 e. The summed E-state index contributed by atoms with van der Waals surface area (Å²) in [4.78, 5) is 64.4. The predicted octanol–water partition coefficient (Wildman–Crippen LogP) is 4.71. The maximum atomic E-state index is 13.2. The fourth-order valence-corrected chi connectivity index (χ4v) is 6.96. The van der Waals surface area contributed by atoms with Crippen molar-refractivity contribution in [3.63, 3.8) is 0 Å². The van der Waals surface area contributed by atoms with E-state index < -0.39 is 11.9 Å². The first kappa shape index (κ1) is 33.4. The molecule has 0 saturated carbocycles. The van der Waals surface area contributed by atoms with Gasteiger partial charge in [0.05, 0.1) is 29.0 Å². The molecule has 14 heteroatoms. The highest BCUT2D eigenvalue weighted by Gasteiger charge is 2.40. The number of hydrogen-bond donors (Lipinski definition) is 4. The van der Waals surface area contributed by atoms with Gasteiger partial charge in [-0.25, -0.2) is 9.97 Å². The molecule has 1 atom stereocenters. The van der Waals surface area contributed by atoms with E-state index >= 15 is 0 Å². The highest BCUT2D eigenvalue weighted by molar-refractivity contribution is 6.09. The van der Waals surface area contributed by atoms with Crippen molar-refractivity contribution in [1.82, 2.24) is 30.2 Å². The normalized spacial score (nSPS) is 18.1. The zero-order chi connectivity index (χ0) is 36.3. The number of amides is 3. The van der Waals surface area contributed by atoms with Crippen LogP contribution < -0.4 is 26.6 Å². The largest absolute Gasteiger partial charge is 0.404 e. The predicted molar refractivity (Wildman–Crippen MR) is 203 cm³/mol. The van der Waals surface area contributed by atoms with Crippen LogP contribution in [0, 0.1) is 0 Å². The number of anilines is 5.